The molecular weight excluding hydrogens is 1570 g/mol. The van der Waals surface area contributed by atoms with Gasteiger partial charge in [-0.3, -0.25) is 91.1 Å². The maximum absolute atomic E-state index is 14.5. The largest absolute Gasteiger partial charge is 0.508 e. The minimum atomic E-state index is -2.00. The molecule has 0 aliphatic carbocycles. The number of benzene rings is 1. The average Bonchev–Trinajstić information content (AvgIpc) is 0.898. The van der Waals surface area contributed by atoms with Crippen LogP contribution in [0.2, 0.25) is 0 Å². The van der Waals surface area contributed by atoms with E-state index in [4.69, 9.17) is 33.8 Å². The summed E-state index contributed by atoms with van der Waals surface area (Å²) in [7, 11) is 0. The van der Waals surface area contributed by atoms with Crippen molar-refractivity contribution in [1.82, 2.24) is 84.4 Å². The number of hydrogen-bond acceptors (Lipinski definition) is 26. The van der Waals surface area contributed by atoms with Crippen LogP contribution in [-0.2, 0) is 104 Å². The second kappa shape index (κ2) is 52.1. The zero-order valence-corrected chi connectivity index (χ0v) is 67.9. The van der Waals surface area contributed by atoms with E-state index in [1.807, 2.05) is 0 Å². The third-order valence-corrected chi connectivity index (χ3v) is 18.7. The Hall–Kier alpha value is -11.6. The molecule has 0 spiro atoms. The lowest BCUT2D eigenvalue weighted by molar-refractivity contribution is -0.139. The average molecular weight is 1690 g/mol. The summed E-state index contributed by atoms with van der Waals surface area (Å²) in [5.74, 6) is -22.1. The van der Waals surface area contributed by atoms with E-state index in [-0.39, 0.29) is 56.6 Å². The Kier molecular flexibility index (Phi) is 45.2. The van der Waals surface area contributed by atoms with Crippen molar-refractivity contribution >= 4 is 124 Å². The monoisotopic (exact) mass is 1690 g/mol. The van der Waals surface area contributed by atoms with E-state index in [0.717, 1.165) is 6.92 Å². The van der Waals surface area contributed by atoms with Crippen molar-refractivity contribution in [3.63, 3.8) is 0 Å². The van der Waals surface area contributed by atoms with Crippen molar-refractivity contribution in [3.05, 3.63) is 48.0 Å². The van der Waals surface area contributed by atoms with Gasteiger partial charge in [-0.1, -0.05) is 60.1 Å². The molecule has 0 saturated carbocycles. The van der Waals surface area contributed by atoms with Gasteiger partial charge in [-0.2, -0.15) is 11.8 Å². The van der Waals surface area contributed by atoms with Gasteiger partial charge >= 0.3 is 5.97 Å². The van der Waals surface area contributed by atoms with Gasteiger partial charge in [-0.25, -0.2) is 4.98 Å². The molecular formula is C72H115N21O24S. The van der Waals surface area contributed by atoms with Crippen LogP contribution in [0.4, 0.5) is 0 Å². The summed E-state index contributed by atoms with van der Waals surface area (Å²) in [5, 5.41) is 84.5. The zero-order valence-electron chi connectivity index (χ0n) is 67.1. The number of imidazole rings is 1. The Morgan fingerprint density at radius 3 is 1.28 bits per heavy atom. The molecule has 2 aromatic rings. The number of phenolic OH excluding ortho intramolecular Hbond substituents is 1. The number of carboxylic acid groups (broad SMARTS) is 1. The quantitative estimate of drug-likeness (QED) is 0.0292. The van der Waals surface area contributed by atoms with Gasteiger partial charge in [-0.05, 0) is 99.8 Å². The number of aliphatic carboxylic acids is 1. The van der Waals surface area contributed by atoms with E-state index in [1.54, 1.807) is 27.0 Å². The first-order valence-corrected chi connectivity index (χ1v) is 39.2. The summed E-state index contributed by atoms with van der Waals surface area (Å²) in [5.41, 5.74) is 28.0. The summed E-state index contributed by atoms with van der Waals surface area (Å²) in [6.45, 7) is 8.45. The van der Waals surface area contributed by atoms with Gasteiger partial charge < -0.3 is 134 Å². The Bertz CT molecular complexity index is 3780. The highest BCUT2D eigenvalue weighted by molar-refractivity contribution is 7.98. The predicted octanol–water partition coefficient (Wildman–Crippen LogP) is -9.32. The van der Waals surface area contributed by atoms with E-state index < -0.39 is 273 Å². The number of carboxylic acids is 1. The van der Waals surface area contributed by atoms with Gasteiger partial charge in [0, 0.05) is 50.4 Å². The van der Waals surface area contributed by atoms with Crippen LogP contribution in [0.3, 0.4) is 0 Å². The molecule has 46 heteroatoms. The second-order valence-electron chi connectivity index (χ2n) is 28.8. The van der Waals surface area contributed by atoms with E-state index >= 15 is 0 Å². The van der Waals surface area contributed by atoms with Crippen LogP contribution < -0.4 is 103 Å². The Morgan fingerprint density at radius 2 is 0.831 bits per heavy atom. The maximum Gasteiger partial charge on any atom is 0.322 e. The standard InChI is InChI=1S/C72H115N21O24S/c1-10-35(6)57(71(116)93-58(37(8)96)72(117)91-56(34(4)5)70(115)90-50(31-95)69(114)86-46(25-33(2)3)65(110)81-36(7)59(104)82-42(16-20-52(75)99)61(106)79-29-55(102)103)92-64(109)44(18-22-54(77)101)84-62(107)43(17-21-53(76)100)85-68(113)49(30-94)89-66(111)47(26-38-11-13-40(97)14-12-38)87-67(112)48(27-39-28-78-32-80-39)88-63(108)45(23-24-118-9)83-60(105)41(73)15-19-51(74)98/h11-14,28,32-37,41-50,56-58,94-97H,10,15-27,29-31,73H2,1-9H3,(H2,74,98)(H2,75,99)(H2,76,100)(H2,77,101)(H,78,80)(H,79,106)(H,81,110)(H,82,104)(H,83,105)(H,84,107)(H,85,113)(H,86,114)(H,87,112)(H,88,108)(H,89,111)(H,90,115)(H,91,117)(H,92,109)(H,93,116)(H,102,103)/t35-,36-,37+,41-,42-,43-,44-,45-,46-,47-,48-,49-,50-,56-,57-,58-/m0/s1. The number of carbonyl (C=O) groups excluding carboxylic acids is 18. The summed E-state index contributed by atoms with van der Waals surface area (Å²) in [4.78, 5) is 261. The molecule has 16 atom stereocenters. The fourth-order valence-electron chi connectivity index (χ4n) is 11.1. The van der Waals surface area contributed by atoms with E-state index in [1.165, 1.54) is 76.2 Å². The number of phenols is 1. The van der Waals surface area contributed by atoms with Crippen LogP contribution >= 0.6 is 11.8 Å². The molecule has 0 aliphatic rings. The number of aromatic amines is 1. The first-order valence-electron chi connectivity index (χ1n) is 37.8. The van der Waals surface area contributed by atoms with Gasteiger partial charge in [0.2, 0.25) is 106 Å². The lowest BCUT2D eigenvalue weighted by atomic mass is 9.96. The van der Waals surface area contributed by atoms with Gasteiger partial charge in [0.25, 0.3) is 0 Å². The summed E-state index contributed by atoms with van der Waals surface area (Å²) in [6.07, 6.45) is -1.72. The lowest BCUT2D eigenvalue weighted by Crippen LogP contribution is -2.63. The fourth-order valence-corrected chi connectivity index (χ4v) is 11.6. The molecule has 0 aliphatic heterocycles. The molecule has 30 N–H and O–H groups in total. The number of thioether (sulfide) groups is 1. The number of nitrogens with zero attached hydrogens (tertiary/aromatic N) is 1. The Labute approximate surface area is 683 Å². The van der Waals surface area contributed by atoms with Crippen LogP contribution in [-0.4, -0.2) is 270 Å². The van der Waals surface area contributed by atoms with Crippen LogP contribution in [0.25, 0.3) is 0 Å². The number of aliphatic hydroxyl groups excluding tert-OH is 3. The van der Waals surface area contributed by atoms with Crippen LogP contribution in [0.1, 0.15) is 137 Å². The highest BCUT2D eigenvalue weighted by Gasteiger charge is 2.40. The third kappa shape index (κ3) is 37.5. The molecule has 118 heavy (non-hydrogen) atoms. The van der Waals surface area contributed by atoms with E-state index in [9.17, 15) is 112 Å². The second-order valence-corrected chi connectivity index (χ2v) is 29.8. The van der Waals surface area contributed by atoms with Crippen LogP contribution in [0.15, 0.2) is 36.8 Å². The number of carbonyl (C=O) groups is 19. The SMILES string of the molecule is CC[C@H](C)[C@H](NC(=O)[C@H](CCC(N)=O)NC(=O)[C@H](CCC(N)=O)NC(=O)[C@H](CO)NC(=O)[C@H](Cc1ccc(O)cc1)NC(=O)[C@H](Cc1cnc[nH]1)NC(=O)[C@H](CCSC)NC(=O)[C@@H](N)CCC(N)=O)C(=O)N[C@H](C(=O)N[C@H](C(=O)N[C@@H](CO)C(=O)N[C@@H](CC(C)C)C(=O)N[C@@H](C)C(=O)N[C@@H](CCC(N)=O)C(=O)NCC(=O)O)C(C)C)[C@@H](C)O. The molecule has 658 valence electrons. The first-order chi connectivity index (χ1) is 55.4. The highest BCUT2D eigenvalue weighted by atomic mass is 32.2. The molecule has 1 aromatic heterocycles. The number of nitrogens with two attached hydrogens (primary N) is 5. The molecule has 0 bridgehead atoms. The molecule has 2 rings (SSSR count). The minimum absolute atomic E-state index is 0.0242. The van der Waals surface area contributed by atoms with Crippen molar-refractivity contribution in [2.24, 2.45) is 46.4 Å². The number of nitrogens with one attached hydrogen (secondary N) is 15. The van der Waals surface area contributed by atoms with Crippen molar-refractivity contribution in [1.29, 1.82) is 0 Å². The normalized spacial score (nSPS) is 15.2. The Morgan fingerprint density at radius 1 is 0.449 bits per heavy atom. The van der Waals surface area contributed by atoms with Crippen LogP contribution in [0.5, 0.6) is 5.75 Å². The van der Waals surface area contributed by atoms with E-state index in [2.05, 4.69) is 84.4 Å². The zero-order chi connectivity index (χ0) is 89.4. The van der Waals surface area contributed by atoms with Crippen molar-refractivity contribution in [3.8, 4) is 5.75 Å². The maximum atomic E-state index is 14.5. The number of aromatic hydroxyl groups is 1. The topological polar surface area (TPSA) is 753 Å². The van der Waals surface area contributed by atoms with Gasteiger partial charge in [-0.15, -0.1) is 0 Å². The van der Waals surface area contributed by atoms with Crippen molar-refractivity contribution < 1.29 is 117 Å². The molecule has 0 radical (unpaired) electrons. The lowest BCUT2D eigenvalue weighted by Gasteiger charge is -2.31. The molecule has 1 heterocycles. The number of hydrogen-bond donors (Lipinski definition) is 25. The molecule has 0 saturated heterocycles. The highest BCUT2D eigenvalue weighted by Crippen LogP contribution is 2.17. The smallest absolute Gasteiger partial charge is 0.322 e. The van der Waals surface area contributed by atoms with Gasteiger partial charge in [0.05, 0.1) is 31.7 Å². The number of aromatic nitrogens is 2. The number of primary amides is 4. The Balaban J connectivity index is 2.47. The first kappa shape index (κ1) is 102. The molecule has 18 amide bonds. The molecule has 0 fully saturated rings. The molecule has 1 aromatic carbocycles. The van der Waals surface area contributed by atoms with E-state index in [0.29, 0.717) is 17.0 Å². The summed E-state index contributed by atoms with van der Waals surface area (Å²) >= 11 is 1.32. The van der Waals surface area contributed by atoms with Crippen molar-refractivity contribution in [2.45, 2.75) is 230 Å². The van der Waals surface area contributed by atoms with Crippen LogP contribution in [0, 0.1) is 17.8 Å². The fraction of sp³-hybridized carbons (Fsp3) is 0.611. The predicted molar refractivity (Wildman–Crippen MR) is 420 cm³/mol. The molecule has 45 nitrogen and oxygen atoms in total. The van der Waals surface area contributed by atoms with Gasteiger partial charge in [0.1, 0.15) is 90.8 Å². The number of H-pyrrole nitrogens is 1. The summed E-state index contributed by atoms with van der Waals surface area (Å²) in [6, 6.07) is -17.7. The third-order valence-electron chi connectivity index (χ3n) is 18.1. The number of aliphatic hydroxyl groups is 3. The molecule has 0 unspecified atom stereocenters. The number of amides is 18. The summed E-state index contributed by atoms with van der Waals surface area (Å²) < 4.78 is 0. The number of rotatable bonds is 56. The van der Waals surface area contributed by atoms with Crippen molar-refractivity contribution in [2.75, 3.05) is 31.8 Å². The van der Waals surface area contributed by atoms with Gasteiger partial charge in [0.15, 0.2) is 0 Å². The minimum Gasteiger partial charge on any atom is -0.508 e.